The molecule has 4 nitrogen and oxygen atoms in total. The molecule has 0 heterocycles. The molecule has 23 heavy (non-hydrogen) atoms. The Morgan fingerprint density at radius 1 is 0.870 bits per heavy atom. The number of hydrogen-bond donors (Lipinski definition) is 0. The summed E-state index contributed by atoms with van der Waals surface area (Å²) in [5.74, 6) is -0.417. The summed E-state index contributed by atoms with van der Waals surface area (Å²) in [6, 6.07) is 0. The van der Waals surface area contributed by atoms with Crippen molar-refractivity contribution in [3.63, 3.8) is 0 Å². The minimum Gasteiger partial charge on any atom is -0.466 e. The Kier molecular flexibility index (Phi) is 11.8. The van der Waals surface area contributed by atoms with Crippen LogP contribution in [0.4, 0.5) is 0 Å². The number of rotatable bonds is 12. The molecule has 4 heteroatoms. The molecule has 0 spiro atoms. The molecule has 1 unspecified atom stereocenters. The van der Waals surface area contributed by atoms with Gasteiger partial charge in [0.1, 0.15) is 5.60 Å². The molecule has 0 aliphatic carbocycles. The molecule has 0 bridgehead atoms. The number of hydrogen-bond acceptors (Lipinski definition) is 4. The Labute approximate surface area is 142 Å². The van der Waals surface area contributed by atoms with Gasteiger partial charge in [0.2, 0.25) is 0 Å². The van der Waals surface area contributed by atoms with Gasteiger partial charge < -0.3 is 9.47 Å². The van der Waals surface area contributed by atoms with Gasteiger partial charge in [-0.05, 0) is 40.0 Å². The van der Waals surface area contributed by atoms with E-state index in [1.165, 1.54) is 25.7 Å². The molecule has 0 rings (SSSR count). The van der Waals surface area contributed by atoms with Crippen molar-refractivity contribution in [2.24, 2.45) is 5.92 Å². The van der Waals surface area contributed by atoms with Crippen LogP contribution >= 0.6 is 0 Å². The van der Waals surface area contributed by atoms with Crippen molar-refractivity contribution in [1.82, 2.24) is 0 Å². The van der Waals surface area contributed by atoms with E-state index in [4.69, 9.17) is 9.47 Å². The van der Waals surface area contributed by atoms with Crippen LogP contribution in [-0.4, -0.2) is 24.1 Å². The molecule has 0 saturated heterocycles. The first kappa shape index (κ1) is 21.9. The smallest absolute Gasteiger partial charge is 0.306 e. The summed E-state index contributed by atoms with van der Waals surface area (Å²) in [5, 5.41) is 0. The van der Waals surface area contributed by atoms with E-state index in [0.717, 1.165) is 19.3 Å². The van der Waals surface area contributed by atoms with Gasteiger partial charge in [0, 0.05) is 12.8 Å². The number of unbranched alkanes of at least 4 members (excludes halogenated alkanes) is 5. The summed E-state index contributed by atoms with van der Waals surface area (Å²) in [5.41, 5.74) is -0.480. The first-order valence-corrected chi connectivity index (χ1v) is 9.16. The highest BCUT2D eigenvalue weighted by molar-refractivity contribution is 5.73. The van der Waals surface area contributed by atoms with Gasteiger partial charge in [-0.1, -0.05) is 45.4 Å². The number of carbonyl (C=O) groups excluding carboxylic acids is 2. The Balaban J connectivity index is 4.28. The van der Waals surface area contributed by atoms with Crippen LogP contribution < -0.4 is 0 Å². The van der Waals surface area contributed by atoms with Crippen molar-refractivity contribution in [2.45, 2.75) is 98.0 Å². The van der Waals surface area contributed by atoms with E-state index in [-0.39, 0.29) is 17.9 Å². The van der Waals surface area contributed by atoms with E-state index in [1.807, 2.05) is 20.8 Å². The highest BCUT2D eigenvalue weighted by Crippen LogP contribution is 2.21. The van der Waals surface area contributed by atoms with Gasteiger partial charge in [-0.3, -0.25) is 9.59 Å². The molecule has 0 aliphatic rings. The van der Waals surface area contributed by atoms with Crippen molar-refractivity contribution >= 4 is 11.9 Å². The SMILES string of the molecule is CCCCCCCCC(CC(=O)OCC)CC(=O)OC(C)(C)C. The van der Waals surface area contributed by atoms with Crippen LogP contribution in [0.3, 0.4) is 0 Å². The average Bonchev–Trinajstić information content (AvgIpc) is 2.40. The van der Waals surface area contributed by atoms with Crippen LogP contribution in [0.2, 0.25) is 0 Å². The van der Waals surface area contributed by atoms with Crippen LogP contribution in [0, 0.1) is 5.92 Å². The summed E-state index contributed by atoms with van der Waals surface area (Å²) < 4.78 is 10.4. The van der Waals surface area contributed by atoms with Gasteiger partial charge in [0.25, 0.3) is 0 Å². The molecule has 0 amide bonds. The van der Waals surface area contributed by atoms with Crippen LogP contribution in [0.1, 0.15) is 92.4 Å². The minimum atomic E-state index is -0.480. The van der Waals surface area contributed by atoms with E-state index >= 15 is 0 Å². The summed E-state index contributed by atoms with van der Waals surface area (Å²) in [4.78, 5) is 23.7. The highest BCUT2D eigenvalue weighted by atomic mass is 16.6. The fraction of sp³-hybridized carbons (Fsp3) is 0.895. The van der Waals surface area contributed by atoms with Crippen molar-refractivity contribution in [3.8, 4) is 0 Å². The largest absolute Gasteiger partial charge is 0.466 e. The van der Waals surface area contributed by atoms with Gasteiger partial charge in [-0.15, -0.1) is 0 Å². The lowest BCUT2D eigenvalue weighted by Gasteiger charge is -2.22. The molecule has 0 aromatic carbocycles. The number of esters is 2. The van der Waals surface area contributed by atoms with Crippen molar-refractivity contribution in [1.29, 1.82) is 0 Å². The second-order valence-corrected chi connectivity index (χ2v) is 7.22. The fourth-order valence-electron chi connectivity index (χ4n) is 2.56. The van der Waals surface area contributed by atoms with Gasteiger partial charge in [0.05, 0.1) is 6.61 Å². The maximum Gasteiger partial charge on any atom is 0.306 e. The second-order valence-electron chi connectivity index (χ2n) is 7.22. The standard InChI is InChI=1S/C19H36O4/c1-6-8-9-10-11-12-13-16(14-17(20)22-7-2)15-18(21)23-19(3,4)5/h16H,6-15H2,1-5H3. The molecule has 1 atom stereocenters. The molecule has 136 valence electrons. The predicted octanol–water partition coefficient (Wildman–Crippen LogP) is 5.04. The van der Waals surface area contributed by atoms with Crippen molar-refractivity contribution in [2.75, 3.05) is 6.61 Å². The topological polar surface area (TPSA) is 52.6 Å². The molecule has 0 N–H and O–H groups in total. The lowest BCUT2D eigenvalue weighted by atomic mass is 9.94. The van der Waals surface area contributed by atoms with Crippen LogP contribution in [-0.2, 0) is 19.1 Å². The molecule has 0 aromatic rings. The Morgan fingerprint density at radius 2 is 1.43 bits per heavy atom. The second kappa shape index (κ2) is 12.4. The van der Waals surface area contributed by atoms with Crippen molar-refractivity contribution in [3.05, 3.63) is 0 Å². The van der Waals surface area contributed by atoms with E-state index in [1.54, 1.807) is 6.92 Å². The fourth-order valence-corrected chi connectivity index (χ4v) is 2.56. The Bertz CT molecular complexity index is 331. The van der Waals surface area contributed by atoms with Crippen molar-refractivity contribution < 1.29 is 19.1 Å². The molecule has 0 aromatic heterocycles. The molecule has 0 aliphatic heterocycles. The summed E-state index contributed by atoms with van der Waals surface area (Å²) >= 11 is 0. The Morgan fingerprint density at radius 3 is 2.00 bits per heavy atom. The Hall–Kier alpha value is -1.06. The quantitative estimate of drug-likeness (QED) is 0.372. The molecular weight excluding hydrogens is 292 g/mol. The van der Waals surface area contributed by atoms with E-state index in [2.05, 4.69) is 6.92 Å². The summed E-state index contributed by atoms with van der Waals surface area (Å²) in [6.07, 6.45) is 8.72. The molecule has 0 fully saturated rings. The third-order valence-corrected chi connectivity index (χ3v) is 3.60. The van der Waals surface area contributed by atoms with Gasteiger partial charge in [-0.2, -0.15) is 0 Å². The highest BCUT2D eigenvalue weighted by Gasteiger charge is 2.22. The zero-order valence-electron chi connectivity index (χ0n) is 15.8. The maximum absolute atomic E-state index is 12.0. The van der Waals surface area contributed by atoms with Gasteiger partial charge in [0.15, 0.2) is 0 Å². The monoisotopic (exact) mass is 328 g/mol. The third kappa shape index (κ3) is 14.3. The zero-order valence-corrected chi connectivity index (χ0v) is 15.8. The van der Waals surface area contributed by atoms with Crippen LogP contribution in [0.25, 0.3) is 0 Å². The maximum atomic E-state index is 12.0. The normalized spacial score (nSPS) is 12.7. The minimum absolute atomic E-state index is 0.0232. The van der Waals surface area contributed by atoms with E-state index < -0.39 is 5.60 Å². The first-order chi connectivity index (χ1) is 10.8. The molecular formula is C19H36O4. The van der Waals surface area contributed by atoms with Gasteiger partial charge >= 0.3 is 11.9 Å². The van der Waals surface area contributed by atoms with Crippen LogP contribution in [0.15, 0.2) is 0 Å². The summed E-state index contributed by atoms with van der Waals surface area (Å²) in [6.45, 7) is 9.97. The zero-order chi connectivity index (χ0) is 17.7. The van der Waals surface area contributed by atoms with Gasteiger partial charge in [-0.25, -0.2) is 0 Å². The van der Waals surface area contributed by atoms with Crippen LogP contribution in [0.5, 0.6) is 0 Å². The summed E-state index contributed by atoms with van der Waals surface area (Å²) in [7, 11) is 0. The predicted molar refractivity (Wildman–Crippen MR) is 93.2 cm³/mol. The molecule has 0 saturated carbocycles. The lowest BCUT2D eigenvalue weighted by molar-refractivity contribution is -0.156. The van der Waals surface area contributed by atoms with E-state index in [0.29, 0.717) is 19.4 Å². The number of carbonyl (C=O) groups is 2. The lowest BCUT2D eigenvalue weighted by Crippen LogP contribution is -2.26. The van der Waals surface area contributed by atoms with E-state index in [9.17, 15) is 9.59 Å². The third-order valence-electron chi connectivity index (χ3n) is 3.60. The molecule has 0 radical (unpaired) electrons. The number of ether oxygens (including phenoxy) is 2. The first-order valence-electron chi connectivity index (χ1n) is 9.16. The average molecular weight is 328 g/mol.